The minimum absolute atomic E-state index is 0.0203. The van der Waals surface area contributed by atoms with Gasteiger partial charge in [-0.15, -0.1) is 0 Å². The van der Waals surface area contributed by atoms with E-state index in [4.69, 9.17) is 4.74 Å². The van der Waals surface area contributed by atoms with Gasteiger partial charge in [0.25, 0.3) is 0 Å². The Morgan fingerprint density at radius 2 is 2.00 bits per heavy atom. The van der Waals surface area contributed by atoms with Crippen LogP contribution in [0.4, 0.5) is 18.9 Å². The number of amides is 1. The Morgan fingerprint density at radius 1 is 1.30 bits per heavy atom. The molecule has 0 spiro atoms. The highest BCUT2D eigenvalue weighted by Crippen LogP contribution is 2.30. The summed E-state index contributed by atoms with van der Waals surface area (Å²) in [4.78, 5) is 22.6. The summed E-state index contributed by atoms with van der Waals surface area (Å²) < 4.78 is 42.1. The highest BCUT2D eigenvalue weighted by atomic mass is 19.4. The first-order chi connectivity index (χ1) is 9.32. The third-order valence-electron chi connectivity index (χ3n) is 2.25. The number of nitrogens with one attached hydrogen (secondary N) is 1. The minimum Gasteiger partial charge on any atom is -0.465 e. The van der Waals surface area contributed by atoms with Gasteiger partial charge in [-0.05, 0) is 24.6 Å². The monoisotopic (exact) mass is 289 g/mol. The van der Waals surface area contributed by atoms with E-state index in [1.54, 1.807) is 6.92 Å². The molecule has 1 aromatic rings. The predicted octanol–water partition coefficient (Wildman–Crippen LogP) is 2.99. The van der Waals surface area contributed by atoms with Crippen molar-refractivity contribution in [1.82, 2.24) is 0 Å². The van der Waals surface area contributed by atoms with Crippen LogP contribution in [0.1, 0.15) is 25.3 Å². The van der Waals surface area contributed by atoms with E-state index in [9.17, 15) is 22.8 Å². The summed E-state index contributed by atoms with van der Waals surface area (Å²) in [6, 6.07) is 4.18. The van der Waals surface area contributed by atoms with Crippen molar-refractivity contribution in [2.45, 2.75) is 25.9 Å². The smallest absolute Gasteiger partial charge is 0.416 e. The molecule has 1 rings (SSSR count). The van der Waals surface area contributed by atoms with Crippen LogP contribution in [-0.2, 0) is 20.5 Å². The number of hydrogen-bond acceptors (Lipinski definition) is 3. The Kier molecular flexibility index (Phi) is 5.54. The molecule has 0 aromatic heterocycles. The van der Waals surface area contributed by atoms with E-state index in [1.165, 1.54) is 12.1 Å². The fraction of sp³-hybridized carbons (Fsp3) is 0.385. The summed E-state index contributed by atoms with van der Waals surface area (Å²) in [5, 5.41) is 2.22. The van der Waals surface area contributed by atoms with Crippen molar-refractivity contribution in [1.29, 1.82) is 0 Å². The lowest BCUT2D eigenvalue weighted by Gasteiger charge is -2.09. The molecule has 0 saturated carbocycles. The molecule has 0 aliphatic carbocycles. The van der Waals surface area contributed by atoms with Crippen LogP contribution in [0.15, 0.2) is 24.3 Å². The highest BCUT2D eigenvalue weighted by Gasteiger charge is 2.30. The van der Waals surface area contributed by atoms with Gasteiger partial charge in [-0.25, -0.2) is 0 Å². The fourth-order valence-electron chi connectivity index (χ4n) is 1.38. The van der Waals surface area contributed by atoms with Crippen molar-refractivity contribution < 1.29 is 27.5 Å². The Hall–Kier alpha value is -2.05. The van der Waals surface area contributed by atoms with Crippen molar-refractivity contribution in [2.75, 3.05) is 11.9 Å². The van der Waals surface area contributed by atoms with Gasteiger partial charge in [-0.3, -0.25) is 9.59 Å². The van der Waals surface area contributed by atoms with Crippen LogP contribution in [0.5, 0.6) is 0 Å². The van der Waals surface area contributed by atoms with E-state index < -0.39 is 30.0 Å². The summed E-state index contributed by atoms with van der Waals surface area (Å²) in [6.07, 6.45) is -4.39. The second-order valence-electron chi connectivity index (χ2n) is 4.02. The number of carbonyl (C=O) groups excluding carboxylic acids is 2. The zero-order valence-corrected chi connectivity index (χ0v) is 10.8. The Labute approximate surface area is 113 Å². The second-order valence-corrected chi connectivity index (χ2v) is 4.02. The maximum atomic E-state index is 12.5. The molecule has 0 atom stereocenters. The Bertz CT molecular complexity index is 486. The standard InChI is InChI=1S/C13H14F3NO3/c1-2-6-20-12(19)8-11(18)17-10-5-3-4-9(7-10)13(14,15)16/h3-5,7H,2,6,8H2,1H3,(H,17,18). The van der Waals surface area contributed by atoms with Gasteiger partial charge < -0.3 is 10.1 Å². The highest BCUT2D eigenvalue weighted by molar-refractivity contribution is 6.01. The van der Waals surface area contributed by atoms with E-state index >= 15 is 0 Å². The predicted molar refractivity (Wildman–Crippen MR) is 65.9 cm³/mol. The molecule has 0 aliphatic rings. The SMILES string of the molecule is CCCOC(=O)CC(=O)Nc1cccc(C(F)(F)F)c1. The average molecular weight is 289 g/mol. The number of alkyl halides is 3. The van der Waals surface area contributed by atoms with E-state index in [-0.39, 0.29) is 12.3 Å². The van der Waals surface area contributed by atoms with Crippen LogP contribution in [0.25, 0.3) is 0 Å². The molecule has 1 N–H and O–H groups in total. The first-order valence-corrected chi connectivity index (χ1v) is 5.95. The quantitative estimate of drug-likeness (QED) is 0.669. The summed E-state index contributed by atoms with van der Waals surface area (Å²) in [6.45, 7) is 2.01. The molecule has 1 aromatic carbocycles. The second kappa shape index (κ2) is 6.93. The number of benzene rings is 1. The van der Waals surface area contributed by atoms with Gasteiger partial charge in [0.2, 0.25) is 5.91 Å². The number of carbonyl (C=O) groups is 2. The van der Waals surface area contributed by atoms with Crippen molar-refractivity contribution in [3.8, 4) is 0 Å². The summed E-state index contributed by atoms with van der Waals surface area (Å²) in [5.41, 5.74) is -0.892. The lowest BCUT2D eigenvalue weighted by Crippen LogP contribution is -2.18. The van der Waals surface area contributed by atoms with Crippen LogP contribution in [0, 0.1) is 0 Å². The zero-order valence-electron chi connectivity index (χ0n) is 10.8. The molecule has 7 heteroatoms. The van der Waals surface area contributed by atoms with Gasteiger partial charge >= 0.3 is 12.1 Å². The summed E-state index contributed by atoms with van der Waals surface area (Å²) >= 11 is 0. The molecule has 0 fully saturated rings. The van der Waals surface area contributed by atoms with Crippen molar-refractivity contribution in [2.24, 2.45) is 0 Å². The first-order valence-electron chi connectivity index (χ1n) is 5.95. The Balaban J connectivity index is 2.60. The van der Waals surface area contributed by atoms with E-state index in [2.05, 4.69) is 5.32 Å². The third kappa shape index (κ3) is 5.29. The van der Waals surface area contributed by atoms with Crippen molar-refractivity contribution in [3.63, 3.8) is 0 Å². The lowest BCUT2D eigenvalue weighted by atomic mass is 10.2. The van der Waals surface area contributed by atoms with Gasteiger partial charge in [0.05, 0.1) is 12.2 Å². The van der Waals surface area contributed by atoms with Gasteiger partial charge in [-0.2, -0.15) is 13.2 Å². The molecule has 1 amide bonds. The normalized spacial score (nSPS) is 11.0. The molecular formula is C13H14F3NO3. The van der Waals surface area contributed by atoms with Gasteiger partial charge in [-0.1, -0.05) is 13.0 Å². The molecule has 0 bridgehead atoms. The molecular weight excluding hydrogens is 275 g/mol. The third-order valence-corrected chi connectivity index (χ3v) is 2.25. The van der Waals surface area contributed by atoms with Crippen LogP contribution in [-0.4, -0.2) is 18.5 Å². The molecule has 20 heavy (non-hydrogen) atoms. The number of halogens is 3. The van der Waals surface area contributed by atoms with Crippen LogP contribution in [0.2, 0.25) is 0 Å². The van der Waals surface area contributed by atoms with E-state index in [0.717, 1.165) is 12.1 Å². The van der Waals surface area contributed by atoms with Gasteiger partial charge in [0.15, 0.2) is 0 Å². The fourth-order valence-corrected chi connectivity index (χ4v) is 1.38. The number of ether oxygens (including phenoxy) is 1. The molecule has 0 radical (unpaired) electrons. The maximum absolute atomic E-state index is 12.5. The molecule has 0 saturated heterocycles. The number of hydrogen-bond donors (Lipinski definition) is 1. The number of esters is 1. The molecule has 110 valence electrons. The molecule has 0 unspecified atom stereocenters. The number of anilines is 1. The van der Waals surface area contributed by atoms with Crippen molar-refractivity contribution >= 4 is 17.6 Å². The lowest BCUT2D eigenvalue weighted by molar-refractivity contribution is -0.145. The Morgan fingerprint density at radius 3 is 2.60 bits per heavy atom. The topological polar surface area (TPSA) is 55.4 Å². The van der Waals surface area contributed by atoms with E-state index in [1.807, 2.05) is 0 Å². The average Bonchev–Trinajstić information content (AvgIpc) is 2.35. The molecule has 4 nitrogen and oxygen atoms in total. The summed E-state index contributed by atoms with van der Waals surface area (Å²) in [7, 11) is 0. The van der Waals surface area contributed by atoms with Crippen LogP contribution in [0.3, 0.4) is 0 Å². The van der Waals surface area contributed by atoms with Gasteiger partial charge in [0.1, 0.15) is 6.42 Å². The van der Waals surface area contributed by atoms with Gasteiger partial charge in [0, 0.05) is 5.69 Å². The largest absolute Gasteiger partial charge is 0.465 e. The minimum atomic E-state index is -4.49. The number of rotatable bonds is 5. The van der Waals surface area contributed by atoms with Crippen LogP contribution < -0.4 is 5.32 Å². The molecule has 0 aliphatic heterocycles. The zero-order chi connectivity index (χ0) is 15.2. The first kappa shape index (κ1) is 16.0. The van der Waals surface area contributed by atoms with E-state index in [0.29, 0.717) is 6.42 Å². The summed E-state index contributed by atoms with van der Waals surface area (Å²) in [5.74, 6) is -1.43. The van der Waals surface area contributed by atoms with Crippen molar-refractivity contribution in [3.05, 3.63) is 29.8 Å². The maximum Gasteiger partial charge on any atom is 0.416 e. The van der Waals surface area contributed by atoms with Crippen LogP contribution >= 0.6 is 0 Å². The molecule has 0 heterocycles.